The van der Waals surface area contributed by atoms with E-state index < -0.39 is 0 Å². The van der Waals surface area contributed by atoms with Gasteiger partial charge >= 0.3 is 0 Å². The summed E-state index contributed by atoms with van der Waals surface area (Å²) in [6, 6.07) is 0.290. The quantitative estimate of drug-likeness (QED) is 0.743. The molecule has 1 rings (SSSR count). The standard InChI is InChI=1S/C11H23NO2/c1-4-11(13)9(2)12-7-5-10(14-3)6-8-12/h9-11,13H,4-8H2,1-3H3. The van der Waals surface area contributed by atoms with Crippen molar-refractivity contribution >= 4 is 0 Å². The zero-order valence-electron chi connectivity index (χ0n) is 9.57. The molecule has 0 aliphatic carbocycles. The van der Waals surface area contributed by atoms with Crippen LogP contribution in [-0.4, -0.2) is 48.5 Å². The summed E-state index contributed by atoms with van der Waals surface area (Å²) in [5.41, 5.74) is 0. The number of rotatable bonds is 4. The lowest BCUT2D eigenvalue weighted by Crippen LogP contribution is -2.46. The maximum atomic E-state index is 9.73. The molecule has 0 bridgehead atoms. The van der Waals surface area contributed by atoms with Crippen molar-refractivity contribution in [1.82, 2.24) is 4.90 Å². The van der Waals surface area contributed by atoms with E-state index in [-0.39, 0.29) is 12.1 Å². The zero-order chi connectivity index (χ0) is 10.6. The molecule has 0 aromatic carbocycles. The van der Waals surface area contributed by atoms with E-state index in [1.54, 1.807) is 7.11 Å². The Balaban J connectivity index is 2.33. The second-order valence-electron chi connectivity index (χ2n) is 4.19. The lowest BCUT2D eigenvalue weighted by atomic mass is 10.0. The summed E-state index contributed by atoms with van der Waals surface area (Å²) in [7, 11) is 1.78. The highest BCUT2D eigenvalue weighted by Gasteiger charge is 2.25. The number of hydrogen-bond acceptors (Lipinski definition) is 3. The van der Waals surface area contributed by atoms with Gasteiger partial charge in [-0.05, 0) is 26.2 Å². The van der Waals surface area contributed by atoms with Gasteiger partial charge in [-0.1, -0.05) is 6.92 Å². The molecule has 0 saturated carbocycles. The topological polar surface area (TPSA) is 32.7 Å². The van der Waals surface area contributed by atoms with Crippen LogP contribution in [0, 0.1) is 0 Å². The molecule has 0 aromatic heterocycles. The molecule has 0 aromatic rings. The third-order valence-electron chi connectivity index (χ3n) is 3.36. The molecular formula is C11H23NO2. The molecule has 2 unspecified atom stereocenters. The first-order chi connectivity index (χ1) is 6.69. The number of ether oxygens (including phenoxy) is 1. The lowest BCUT2D eigenvalue weighted by molar-refractivity contribution is -0.00226. The van der Waals surface area contributed by atoms with Crippen LogP contribution < -0.4 is 0 Å². The van der Waals surface area contributed by atoms with E-state index in [1.807, 2.05) is 6.92 Å². The number of methoxy groups -OCH3 is 1. The predicted molar refractivity (Wildman–Crippen MR) is 57.4 cm³/mol. The lowest BCUT2D eigenvalue weighted by Gasteiger charge is -2.37. The van der Waals surface area contributed by atoms with Crippen molar-refractivity contribution in [3.63, 3.8) is 0 Å². The van der Waals surface area contributed by atoms with Crippen molar-refractivity contribution < 1.29 is 9.84 Å². The van der Waals surface area contributed by atoms with Crippen molar-refractivity contribution in [2.75, 3.05) is 20.2 Å². The van der Waals surface area contributed by atoms with Gasteiger partial charge in [0.1, 0.15) is 0 Å². The van der Waals surface area contributed by atoms with Crippen LogP contribution in [0.5, 0.6) is 0 Å². The van der Waals surface area contributed by atoms with Crippen LogP contribution in [0.15, 0.2) is 0 Å². The Bertz CT molecular complexity index is 155. The summed E-state index contributed by atoms with van der Waals surface area (Å²) in [4.78, 5) is 2.36. The van der Waals surface area contributed by atoms with Crippen LogP contribution in [0.1, 0.15) is 33.1 Å². The van der Waals surface area contributed by atoms with Gasteiger partial charge in [0.25, 0.3) is 0 Å². The minimum absolute atomic E-state index is 0.186. The third-order valence-corrected chi connectivity index (χ3v) is 3.36. The first-order valence-corrected chi connectivity index (χ1v) is 5.64. The minimum Gasteiger partial charge on any atom is -0.392 e. The van der Waals surface area contributed by atoms with Gasteiger partial charge in [0.05, 0.1) is 12.2 Å². The highest BCUT2D eigenvalue weighted by atomic mass is 16.5. The van der Waals surface area contributed by atoms with E-state index >= 15 is 0 Å². The summed E-state index contributed by atoms with van der Waals surface area (Å²) in [6.07, 6.45) is 3.27. The van der Waals surface area contributed by atoms with Gasteiger partial charge in [-0.25, -0.2) is 0 Å². The van der Waals surface area contributed by atoms with Gasteiger partial charge in [-0.15, -0.1) is 0 Å². The molecule has 3 nitrogen and oxygen atoms in total. The molecule has 3 heteroatoms. The minimum atomic E-state index is -0.186. The largest absolute Gasteiger partial charge is 0.392 e. The number of likely N-dealkylation sites (tertiary alicyclic amines) is 1. The SMILES string of the molecule is CCC(O)C(C)N1CCC(OC)CC1. The molecule has 1 fully saturated rings. The summed E-state index contributed by atoms with van der Waals surface area (Å²) in [6.45, 7) is 6.25. The molecular weight excluding hydrogens is 178 g/mol. The molecule has 2 atom stereocenters. The molecule has 1 heterocycles. The third kappa shape index (κ3) is 2.94. The Labute approximate surface area is 87.1 Å². The van der Waals surface area contributed by atoms with Gasteiger partial charge in [0.15, 0.2) is 0 Å². The van der Waals surface area contributed by atoms with E-state index in [1.165, 1.54) is 0 Å². The Hall–Kier alpha value is -0.120. The van der Waals surface area contributed by atoms with Crippen LogP contribution in [0.25, 0.3) is 0 Å². The maximum Gasteiger partial charge on any atom is 0.0690 e. The molecule has 0 spiro atoms. The van der Waals surface area contributed by atoms with Crippen LogP contribution in [0.2, 0.25) is 0 Å². The summed E-state index contributed by atoms with van der Waals surface area (Å²) in [5, 5.41) is 9.73. The van der Waals surface area contributed by atoms with Gasteiger partial charge in [-0.3, -0.25) is 4.90 Å². The fourth-order valence-electron chi connectivity index (χ4n) is 2.10. The van der Waals surface area contributed by atoms with E-state index in [2.05, 4.69) is 11.8 Å². The van der Waals surface area contributed by atoms with Crippen molar-refractivity contribution in [1.29, 1.82) is 0 Å². The van der Waals surface area contributed by atoms with Crippen LogP contribution in [-0.2, 0) is 4.74 Å². The number of hydrogen-bond donors (Lipinski definition) is 1. The van der Waals surface area contributed by atoms with E-state index in [0.717, 1.165) is 32.4 Å². The first kappa shape index (κ1) is 12.0. The number of piperidine rings is 1. The van der Waals surface area contributed by atoms with E-state index in [4.69, 9.17) is 4.74 Å². The summed E-state index contributed by atoms with van der Waals surface area (Å²) in [5.74, 6) is 0. The monoisotopic (exact) mass is 201 g/mol. The highest BCUT2D eigenvalue weighted by molar-refractivity contribution is 4.79. The molecule has 1 aliphatic heterocycles. The first-order valence-electron chi connectivity index (χ1n) is 5.64. The number of aliphatic hydroxyl groups excluding tert-OH is 1. The normalized spacial score (nSPS) is 24.9. The molecule has 14 heavy (non-hydrogen) atoms. The zero-order valence-corrected chi connectivity index (χ0v) is 9.57. The summed E-state index contributed by atoms with van der Waals surface area (Å²) < 4.78 is 5.32. The number of aliphatic hydroxyl groups is 1. The van der Waals surface area contributed by atoms with Gasteiger partial charge < -0.3 is 9.84 Å². The Morgan fingerprint density at radius 2 is 2.00 bits per heavy atom. The van der Waals surface area contributed by atoms with Crippen LogP contribution in [0.3, 0.4) is 0 Å². The fourth-order valence-corrected chi connectivity index (χ4v) is 2.10. The van der Waals surface area contributed by atoms with Crippen molar-refractivity contribution in [3.8, 4) is 0 Å². The Morgan fingerprint density at radius 3 is 2.43 bits per heavy atom. The van der Waals surface area contributed by atoms with Gasteiger partial charge in [0, 0.05) is 26.2 Å². The molecule has 0 radical (unpaired) electrons. The van der Waals surface area contributed by atoms with Gasteiger partial charge in [-0.2, -0.15) is 0 Å². The highest BCUT2D eigenvalue weighted by Crippen LogP contribution is 2.17. The van der Waals surface area contributed by atoms with E-state index in [0.29, 0.717) is 6.10 Å². The molecule has 1 saturated heterocycles. The second kappa shape index (κ2) is 5.69. The van der Waals surface area contributed by atoms with Crippen molar-refractivity contribution in [2.24, 2.45) is 0 Å². The van der Waals surface area contributed by atoms with Gasteiger partial charge in [0.2, 0.25) is 0 Å². The Morgan fingerprint density at radius 1 is 1.43 bits per heavy atom. The predicted octanol–water partition coefficient (Wildman–Crippen LogP) is 1.26. The average molecular weight is 201 g/mol. The fraction of sp³-hybridized carbons (Fsp3) is 1.00. The molecule has 84 valence electrons. The Kier molecular flexibility index (Phi) is 4.85. The maximum absolute atomic E-state index is 9.73. The molecule has 1 aliphatic rings. The molecule has 0 amide bonds. The van der Waals surface area contributed by atoms with E-state index in [9.17, 15) is 5.11 Å². The average Bonchev–Trinajstić information content (AvgIpc) is 2.27. The summed E-state index contributed by atoms with van der Waals surface area (Å²) >= 11 is 0. The second-order valence-corrected chi connectivity index (χ2v) is 4.19. The van der Waals surface area contributed by atoms with Crippen molar-refractivity contribution in [3.05, 3.63) is 0 Å². The van der Waals surface area contributed by atoms with Crippen LogP contribution in [0.4, 0.5) is 0 Å². The molecule has 1 N–H and O–H groups in total. The number of nitrogens with zero attached hydrogens (tertiary/aromatic N) is 1. The van der Waals surface area contributed by atoms with Crippen LogP contribution >= 0.6 is 0 Å². The van der Waals surface area contributed by atoms with Crippen molar-refractivity contribution in [2.45, 2.75) is 51.4 Å². The smallest absolute Gasteiger partial charge is 0.0690 e.